The molecular formula is C15H22FN3O. The first-order chi connectivity index (χ1) is 9.47. The Hall–Kier alpha value is -1.62. The van der Waals surface area contributed by atoms with Crippen LogP contribution in [0.25, 0.3) is 0 Å². The first-order valence-electron chi connectivity index (χ1n) is 6.99. The maximum absolute atomic E-state index is 13.9. The van der Waals surface area contributed by atoms with Crippen LogP contribution in [0.5, 0.6) is 0 Å². The lowest BCUT2D eigenvalue weighted by molar-refractivity contribution is 0.0932. The molecule has 1 aromatic carbocycles. The van der Waals surface area contributed by atoms with Gasteiger partial charge in [0.05, 0.1) is 5.56 Å². The van der Waals surface area contributed by atoms with Crippen molar-refractivity contribution in [3.63, 3.8) is 0 Å². The van der Waals surface area contributed by atoms with Crippen LogP contribution in [0.2, 0.25) is 0 Å². The van der Waals surface area contributed by atoms with Gasteiger partial charge < -0.3 is 16.0 Å². The molecule has 1 saturated heterocycles. The van der Waals surface area contributed by atoms with Crippen LogP contribution in [-0.4, -0.2) is 37.5 Å². The van der Waals surface area contributed by atoms with E-state index in [2.05, 4.69) is 17.3 Å². The van der Waals surface area contributed by atoms with Crippen LogP contribution in [-0.2, 0) is 0 Å². The lowest BCUT2D eigenvalue weighted by Gasteiger charge is -2.29. The number of halogens is 1. The van der Waals surface area contributed by atoms with E-state index in [1.165, 1.54) is 12.1 Å². The van der Waals surface area contributed by atoms with Gasteiger partial charge in [0.2, 0.25) is 0 Å². The normalized spacial score (nSPS) is 19.9. The molecule has 0 aromatic heterocycles. The van der Waals surface area contributed by atoms with Crippen LogP contribution in [0.3, 0.4) is 0 Å². The lowest BCUT2D eigenvalue weighted by Crippen LogP contribution is -2.39. The molecule has 4 nitrogen and oxygen atoms in total. The van der Waals surface area contributed by atoms with E-state index < -0.39 is 5.82 Å². The number of rotatable bonds is 3. The Morgan fingerprint density at radius 3 is 3.00 bits per heavy atom. The molecule has 0 aliphatic carbocycles. The third-order valence-corrected chi connectivity index (χ3v) is 3.79. The van der Waals surface area contributed by atoms with Gasteiger partial charge in [-0.2, -0.15) is 0 Å². The summed E-state index contributed by atoms with van der Waals surface area (Å²) in [6, 6.07) is 2.92. The number of nitrogen functional groups attached to an aromatic ring is 1. The van der Waals surface area contributed by atoms with Crippen LogP contribution in [0.15, 0.2) is 12.1 Å². The Kier molecular flexibility index (Phi) is 4.60. The third-order valence-electron chi connectivity index (χ3n) is 3.79. The number of hydrogen-bond acceptors (Lipinski definition) is 3. The van der Waals surface area contributed by atoms with Crippen molar-refractivity contribution in [2.75, 3.05) is 32.4 Å². The van der Waals surface area contributed by atoms with Crippen molar-refractivity contribution in [2.45, 2.75) is 19.8 Å². The highest BCUT2D eigenvalue weighted by Crippen LogP contribution is 2.18. The molecule has 1 aromatic rings. The van der Waals surface area contributed by atoms with Crippen LogP contribution >= 0.6 is 0 Å². The number of carbonyl (C=O) groups is 1. The van der Waals surface area contributed by atoms with Gasteiger partial charge in [0.25, 0.3) is 5.91 Å². The van der Waals surface area contributed by atoms with E-state index in [-0.39, 0.29) is 11.5 Å². The van der Waals surface area contributed by atoms with E-state index in [4.69, 9.17) is 5.73 Å². The number of nitrogens with one attached hydrogen (secondary N) is 1. The van der Waals surface area contributed by atoms with Crippen LogP contribution in [0.1, 0.15) is 28.8 Å². The van der Waals surface area contributed by atoms with E-state index in [0.717, 1.165) is 25.9 Å². The molecule has 1 amide bonds. The van der Waals surface area contributed by atoms with Crippen molar-refractivity contribution in [3.05, 3.63) is 29.1 Å². The van der Waals surface area contributed by atoms with Crippen molar-refractivity contribution in [3.8, 4) is 0 Å². The van der Waals surface area contributed by atoms with Gasteiger partial charge in [-0.25, -0.2) is 4.39 Å². The summed E-state index contributed by atoms with van der Waals surface area (Å²) < 4.78 is 13.9. The molecule has 0 bridgehead atoms. The number of aryl methyl sites for hydroxylation is 1. The Morgan fingerprint density at radius 1 is 1.55 bits per heavy atom. The number of nitrogens with two attached hydrogens (primary N) is 1. The summed E-state index contributed by atoms with van der Waals surface area (Å²) in [5.74, 6) is -0.438. The summed E-state index contributed by atoms with van der Waals surface area (Å²) in [6.45, 7) is 4.27. The summed E-state index contributed by atoms with van der Waals surface area (Å²) in [6.07, 6.45) is 2.24. The first-order valence-corrected chi connectivity index (χ1v) is 6.99. The minimum absolute atomic E-state index is 0.0339. The summed E-state index contributed by atoms with van der Waals surface area (Å²) >= 11 is 0. The molecular weight excluding hydrogens is 257 g/mol. The zero-order chi connectivity index (χ0) is 14.7. The molecule has 1 atom stereocenters. The fourth-order valence-electron chi connectivity index (χ4n) is 2.73. The van der Waals surface area contributed by atoms with Gasteiger partial charge in [0, 0.05) is 18.8 Å². The maximum atomic E-state index is 13.9. The minimum Gasteiger partial charge on any atom is -0.399 e. The highest BCUT2D eigenvalue weighted by Gasteiger charge is 2.19. The van der Waals surface area contributed by atoms with E-state index in [0.29, 0.717) is 23.7 Å². The largest absolute Gasteiger partial charge is 0.399 e. The predicted octanol–water partition coefficient (Wildman–Crippen LogP) is 1.79. The average Bonchev–Trinajstić information content (AvgIpc) is 2.40. The number of piperidine rings is 1. The van der Waals surface area contributed by atoms with Gasteiger partial charge in [0.15, 0.2) is 0 Å². The molecule has 5 heteroatoms. The fourth-order valence-corrected chi connectivity index (χ4v) is 2.73. The lowest BCUT2D eigenvalue weighted by atomic mass is 9.98. The number of anilines is 1. The van der Waals surface area contributed by atoms with Gasteiger partial charge in [-0.05, 0) is 57.0 Å². The molecule has 1 fully saturated rings. The first kappa shape index (κ1) is 14.8. The van der Waals surface area contributed by atoms with Crippen molar-refractivity contribution >= 4 is 11.6 Å². The Balaban J connectivity index is 1.98. The second-order valence-corrected chi connectivity index (χ2v) is 5.68. The van der Waals surface area contributed by atoms with E-state index in [1.54, 1.807) is 6.92 Å². The quantitative estimate of drug-likeness (QED) is 0.829. The van der Waals surface area contributed by atoms with Crippen molar-refractivity contribution in [1.82, 2.24) is 10.2 Å². The Labute approximate surface area is 119 Å². The SMILES string of the molecule is Cc1cc(N)cc(C(=O)NCC2CCCN(C)C2)c1F. The molecule has 0 saturated carbocycles. The highest BCUT2D eigenvalue weighted by atomic mass is 19.1. The number of amides is 1. The topological polar surface area (TPSA) is 58.4 Å². The monoisotopic (exact) mass is 279 g/mol. The van der Waals surface area contributed by atoms with Gasteiger partial charge >= 0.3 is 0 Å². The summed E-state index contributed by atoms with van der Waals surface area (Å²) in [7, 11) is 2.08. The summed E-state index contributed by atoms with van der Waals surface area (Å²) in [5.41, 5.74) is 6.51. The van der Waals surface area contributed by atoms with Gasteiger partial charge in [-0.15, -0.1) is 0 Å². The highest BCUT2D eigenvalue weighted by molar-refractivity contribution is 5.95. The van der Waals surface area contributed by atoms with Gasteiger partial charge in [0.1, 0.15) is 5.82 Å². The number of nitrogens with zero attached hydrogens (tertiary/aromatic N) is 1. The van der Waals surface area contributed by atoms with Crippen LogP contribution in [0, 0.1) is 18.7 Å². The standard InChI is InChI=1S/C15H22FN3O/c1-10-6-12(17)7-13(14(10)16)15(20)18-8-11-4-3-5-19(2)9-11/h6-7,11H,3-5,8-9,17H2,1-2H3,(H,18,20). The zero-order valence-electron chi connectivity index (χ0n) is 12.1. The van der Waals surface area contributed by atoms with Crippen molar-refractivity contribution < 1.29 is 9.18 Å². The molecule has 1 aliphatic rings. The second-order valence-electron chi connectivity index (χ2n) is 5.68. The Bertz CT molecular complexity index is 504. The minimum atomic E-state index is -0.488. The molecule has 20 heavy (non-hydrogen) atoms. The van der Waals surface area contributed by atoms with Gasteiger partial charge in [-0.1, -0.05) is 0 Å². The summed E-state index contributed by atoms with van der Waals surface area (Å²) in [5, 5.41) is 2.82. The molecule has 1 heterocycles. The number of benzene rings is 1. The number of likely N-dealkylation sites (tertiary alicyclic amines) is 1. The molecule has 3 N–H and O–H groups in total. The maximum Gasteiger partial charge on any atom is 0.254 e. The molecule has 2 rings (SSSR count). The smallest absolute Gasteiger partial charge is 0.254 e. The second kappa shape index (κ2) is 6.22. The molecule has 0 radical (unpaired) electrons. The van der Waals surface area contributed by atoms with E-state index in [1.807, 2.05) is 0 Å². The van der Waals surface area contributed by atoms with Crippen LogP contribution < -0.4 is 11.1 Å². The average molecular weight is 279 g/mol. The van der Waals surface area contributed by atoms with Gasteiger partial charge in [-0.3, -0.25) is 4.79 Å². The van der Waals surface area contributed by atoms with Crippen LogP contribution in [0.4, 0.5) is 10.1 Å². The molecule has 0 spiro atoms. The predicted molar refractivity (Wildman–Crippen MR) is 78.1 cm³/mol. The molecule has 1 unspecified atom stereocenters. The van der Waals surface area contributed by atoms with E-state index >= 15 is 0 Å². The van der Waals surface area contributed by atoms with E-state index in [9.17, 15) is 9.18 Å². The van der Waals surface area contributed by atoms with Crippen molar-refractivity contribution in [1.29, 1.82) is 0 Å². The number of carbonyl (C=O) groups excluding carboxylic acids is 1. The summed E-state index contributed by atoms with van der Waals surface area (Å²) in [4.78, 5) is 14.3. The molecule has 1 aliphatic heterocycles. The third kappa shape index (κ3) is 3.48. The molecule has 110 valence electrons. The van der Waals surface area contributed by atoms with Crippen molar-refractivity contribution in [2.24, 2.45) is 5.92 Å². The zero-order valence-corrected chi connectivity index (χ0v) is 12.1. The Morgan fingerprint density at radius 2 is 2.30 bits per heavy atom. The number of hydrogen-bond donors (Lipinski definition) is 2. The fraction of sp³-hybridized carbons (Fsp3) is 0.533.